The maximum Gasteiger partial charge on any atom is 0.261 e. The zero-order valence-corrected chi connectivity index (χ0v) is 16.3. The van der Waals surface area contributed by atoms with Crippen LogP contribution < -0.4 is 20.1 Å². The highest BCUT2D eigenvalue weighted by Crippen LogP contribution is 2.32. The monoisotopic (exact) mass is 412 g/mol. The van der Waals surface area contributed by atoms with E-state index in [1.165, 1.54) is 29.5 Å². The average Bonchev–Trinajstić information content (AvgIpc) is 3.31. The summed E-state index contributed by atoms with van der Waals surface area (Å²) in [5, 5.41) is 6.09. The van der Waals surface area contributed by atoms with Crippen molar-refractivity contribution in [3.8, 4) is 11.5 Å². The molecule has 6 nitrogen and oxygen atoms in total. The molecular formula is C21H17FN2O4S. The lowest BCUT2D eigenvalue weighted by Crippen LogP contribution is -2.22. The second-order valence-electron chi connectivity index (χ2n) is 6.46. The molecule has 0 spiro atoms. The number of amides is 2. The van der Waals surface area contributed by atoms with Crippen molar-refractivity contribution in [1.29, 1.82) is 0 Å². The summed E-state index contributed by atoms with van der Waals surface area (Å²) in [5.74, 6) is 0.192. The lowest BCUT2D eigenvalue weighted by atomic mass is 10.2. The standard InChI is InChI=1S/C21H17FN2O4S/c1-12-7-18(24-20(25)14-3-2-4-15(22)9-14)29-19(12)21(26)23-10-13-5-6-16-17(8-13)28-11-27-16/h2-9H,10-11H2,1H3,(H,23,26)(H,24,25). The number of aryl methyl sites for hydroxylation is 1. The van der Waals surface area contributed by atoms with E-state index in [1.54, 1.807) is 19.1 Å². The van der Waals surface area contributed by atoms with Gasteiger partial charge in [-0.1, -0.05) is 12.1 Å². The number of thiophene rings is 1. The molecule has 2 aromatic carbocycles. The highest BCUT2D eigenvalue weighted by Gasteiger charge is 2.17. The highest BCUT2D eigenvalue weighted by molar-refractivity contribution is 7.18. The van der Waals surface area contributed by atoms with Crippen molar-refractivity contribution in [2.24, 2.45) is 0 Å². The minimum absolute atomic E-state index is 0.198. The van der Waals surface area contributed by atoms with E-state index >= 15 is 0 Å². The molecule has 148 valence electrons. The van der Waals surface area contributed by atoms with Gasteiger partial charge in [-0.2, -0.15) is 0 Å². The van der Waals surface area contributed by atoms with Gasteiger partial charge in [0.25, 0.3) is 11.8 Å². The molecule has 8 heteroatoms. The first-order valence-corrected chi connectivity index (χ1v) is 9.65. The Morgan fingerprint density at radius 2 is 1.90 bits per heavy atom. The van der Waals surface area contributed by atoms with Crippen LogP contribution in [0.1, 0.15) is 31.2 Å². The molecular weight excluding hydrogens is 395 g/mol. The molecule has 2 amide bonds. The largest absolute Gasteiger partial charge is 0.454 e. The fourth-order valence-corrected chi connectivity index (χ4v) is 3.88. The van der Waals surface area contributed by atoms with Crippen molar-refractivity contribution >= 4 is 28.2 Å². The normalized spacial score (nSPS) is 11.9. The van der Waals surface area contributed by atoms with E-state index in [9.17, 15) is 14.0 Å². The topological polar surface area (TPSA) is 76.7 Å². The number of carbonyl (C=O) groups excluding carboxylic acids is 2. The van der Waals surface area contributed by atoms with Crippen LogP contribution in [0.15, 0.2) is 48.5 Å². The van der Waals surface area contributed by atoms with Crippen molar-refractivity contribution in [2.75, 3.05) is 12.1 Å². The quantitative estimate of drug-likeness (QED) is 0.661. The number of anilines is 1. The molecule has 0 aliphatic carbocycles. The van der Waals surface area contributed by atoms with Crippen LogP contribution in [0.25, 0.3) is 0 Å². The SMILES string of the molecule is Cc1cc(NC(=O)c2cccc(F)c2)sc1C(=O)NCc1ccc2c(c1)OCO2. The van der Waals surface area contributed by atoms with Crippen molar-refractivity contribution in [3.05, 3.63) is 75.9 Å². The third-order valence-corrected chi connectivity index (χ3v) is 5.49. The average molecular weight is 412 g/mol. The molecule has 3 aromatic rings. The number of ether oxygens (including phenoxy) is 2. The van der Waals surface area contributed by atoms with Crippen LogP contribution in [0.5, 0.6) is 11.5 Å². The fraction of sp³-hybridized carbons (Fsp3) is 0.143. The van der Waals surface area contributed by atoms with E-state index in [2.05, 4.69) is 10.6 Å². The Hall–Kier alpha value is -3.39. The van der Waals surface area contributed by atoms with Gasteiger partial charge in [-0.05, 0) is 54.4 Å². The third kappa shape index (κ3) is 4.22. The van der Waals surface area contributed by atoms with Gasteiger partial charge in [-0.3, -0.25) is 9.59 Å². The lowest BCUT2D eigenvalue weighted by Gasteiger charge is -2.06. The van der Waals surface area contributed by atoms with Gasteiger partial charge in [-0.25, -0.2) is 4.39 Å². The first kappa shape index (κ1) is 18.9. The zero-order valence-electron chi connectivity index (χ0n) is 15.5. The van der Waals surface area contributed by atoms with Gasteiger partial charge in [0.1, 0.15) is 5.82 Å². The van der Waals surface area contributed by atoms with Gasteiger partial charge in [0, 0.05) is 12.1 Å². The molecule has 1 aliphatic rings. The number of halogens is 1. The van der Waals surface area contributed by atoms with Crippen LogP contribution in [0.3, 0.4) is 0 Å². The Morgan fingerprint density at radius 1 is 1.07 bits per heavy atom. The molecule has 0 fully saturated rings. The summed E-state index contributed by atoms with van der Waals surface area (Å²) in [4.78, 5) is 25.3. The Kier molecular flexibility index (Phi) is 5.18. The maximum absolute atomic E-state index is 13.3. The van der Waals surface area contributed by atoms with E-state index in [4.69, 9.17) is 9.47 Å². The van der Waals surface area contributed by atoms with Gasteiger partial charge >= 0.3 is 0 Å². The predicted octanol–water partition coefficient (Wildman–Crippen LogP) is 4.11. The molecule has 0 saturated carbocycles. The second-order valence-corrected chi connectivity index (χ2v) is 7.51. The summed E-state index contributed by atoms with van der Waals surface area (Å²) in [6.45, 7) is 2.32. The highest BCUT2D eigenvalue weighted by atomic mass is 32.1. The van der Waals surface area contributed by atoms with Gasteiger partial charge in [-0.15, -0.1) is 11.3 Å². The Labute approximate surface area is 170 Å². The molecule has 1 aliphatic heterocycles. The second kappa shape index (κ2) is 7.92. The first-order chi connectivity index (χ1) is 14.0. The van der Waals surface area contributed by atoms with Crippen molar-refractivity contribution in [1.82, 2.24) is 5.32 Å². The Balaban J connectivity index is 1.40. The van der Waals surface area contributed by atoms with Crippen LogP contribution >= 0.6 is 11.3 Å². The number of fused-ring (bicyclic) bond motifs is 1. The number of benzene rings is 2. The Morgan fingerprint density at radius 3 is 2.72 bits per heavy atom. The molecule has 29 heavy (non-hydrogen) atoms. The number of hydrogen-bond acceptors (Lipinski definition) is 5. The predicted molar refractivity (Wildman–Crippen MR) is 107 cm³/mol. The minimum Gasteiger partial charge on any atom is -0.454 e. The van der Waals surface area contributed by atoms with E-state index in [1.807, 2.05) is 12.1 Å². The molecule has 0 saturated heterocycles. The van der Waals surface area contributed by atoms with Crippen LogP contribution in [0.4, 0.5) is 9.39 Å². The molecule has 2 heterocycles. The smallest absolute Gasteiger partial charge is 0.261 e. The number of rotatable bonds is 5. The zero-order chi connectivity index (χ0) is 20.4. The summed E-state index contributed by atoms with van der Waals surface area (Å²) >= 11 is 1.17. The minimum atomic E-state index is -0.483. The third-order valence-electron chi connectivity index (χ3n) is 4.34. The summed E-state index contributed by atoms with van der Waals surface area (Å²) in [6, 6.07) is 12.6. The van der Waals surface area contributed by atoms with Gasteiger partial charge in [0.2, 0.25) is 6.79 Å². The molecule has 0 unspecified atom stereocenters. The summed E-state index contributed by atoms with van der Waals surface area (Å²) in [5.41, 5.74) is 1.84. The first-order valence-electron chi connectivity index (χ1n) is 8.83. The van der Waals surface area contributed by atoms with E-state index in [0.717, 1.165) is 17.2 Å². The van der Waals surface area contributed by atoms with Gasteiger partial charge in [0.15, 0.2) is 11.5 Å². The van der Waals surface area contributed by atoms with E-state index in [-0.39, 0.29) is 18.3 Å². The Bertz CT molecular complexity index is 1100. The molecule has 0 bridgehead atoms. The maximum atomic E-state index is 13.3. The van der Waals surface area contributed by atoms with E-state index < -0.39 is 11.7 Å². The van der Waals surface area contributed by atoms with Crippen LogP contribution in [0, 0.1) is 12.7 Å². The van der Waals surface area contributed by atoms with Crippen LogP contribution in [0.2, 0.25) is 0 Å². The molecule has 0 radical (unpaired) electrons. The van der Waals surface area contributed by atoms with Crippen molar-refractivity contribution in [3.63, 3.8) is 0 Å². The lowest BCUT2D eigenvalue weighted by molar-refractivity contribution is 0.0953. The van der Waals surface area contributed by atoms with Gasteiger partial charge in [0.05, 0.1) is 9.88 Å². The number of nitrogens with one attached hydrogen (secondary N) is 2. The molecule has 1 aromatic heterocycles. The summed E-state index contributed by atoms with van der Waals surface area (Å²) in [6.07, 6.45) is 0. The van der Waals surface area contributed by atoms with Crippen molar-refractivity contribution < 1.29 is 23.5 Å². The molecule has 2 N–H and O–H groups in total. The van der Waals surface area contributed by atoms with Crippen molar-refractivity contribution in [2.45, 2.75) is 13.5 Å². The van der Waals surface area contributed by atoms with Gasteiger partial charge < -0.3 is 20.1 Å². The van der Waals surface area contributed by atoms with Crippen LogP contribution in [-0.4, -0.2) is 18.6 Å². The van der Waals surface area contributed by atoms with E-state index in [0.29, 0.717) is 27.9 Å². The number of hydrogen-bond donors (Lipinski definition) is 2. The molecule has 4 rings (SSSR count). The van der Waals surface area contributed by atoms with Crippen LogP contribution in [-0.2, 0) is 6.54 Å². The number of carbonyl (C=O) groups is 2. The summed E-state index contributed by atoms with van der Waals surface area (Å²) in [7, 11) is 0. The summed E-state index contributed by atoms with van der Waals surface area (Å²) < 4.78 is 23.9. The fourth-order valence-electron chi connectivity index (χ4n) is 2.90. The molecule has 0 atom stereocenters.